The second-order valence-electron chi connectivity index (χ2n) is 6.10. The number of carbonyl (C=O) groups excluding carboxylic acids is 1. The predicted octanol–water partition coefficient (Wildman–Crippen LogP) is 4.20. The zero-order chi connectivity index (χ0) is 16.9. The summed E-state index contributed by atoms with van der Waals surface area (Å²) < 4.78 is 6.00. The molecule has 2 unspecified atom stereocenters. The van der Waals surface area contributed by atoms with E-state index < -0.39 is 0 Å². The Morgan fingerprint density at radius 2 is 2.00 bits per heavy atom. The Balaban J connectivity index is 1.63. The average Bonchev–Trinajstić information content (AvgIpc) is 2.55. The molecule has 0 radical (unpaired) electrons. The number of benzene rings is 2. The number of morpholine rings is 1. The average molecular weight is 345 g/mol. The van der Waals surface area contributed by atoms with Crippen molar-refractivity contribution in [2.24, 2.45) is 0 Å². The van der Waals surface area contributed by atoms with E-state index in [1.807, 2.05) is 42.2 Å². The maximum atomic E-state index is 12.5. The molecule has 0 bridgehead atoms. The molecule has 2 aromatic carbocycles. The van der Waals surface area contributed by atoms with Gasteiger partial charge in [-0.15, -0.1) is 0 Å². The van der Waals surface area contributed by atoms with E-state index >= 15 is 0 Å². The van der Waals surface area contributed by atoms with E-state index in [-0.39, 0.29) is 18.2 Å². The molecule has 2 aromatic rings. The third-order valence-electron chi connectivity index (χ3n) is 4.00. The van der Waals surface area contributed by atoms with Gasteiger partial charge in [-0.3, -0.25) is 0 Å². The molecule has 0 aliphatic carbocycles. The lowest BCUT2D eigenvalue weighted by Gasteiger charge is -2.37. The summed E-state index contributed by atoms with van der Waals surface area (Å²) >= 11 is 5.97. The van der Waals surface area contributed by atoms with Crippen molar-refractivity contribution >= 4 is 23.3 Å². The van der Waals surface area contributed by atoms with Gasteiger partial charge in [0, 0.05) is 30.2 Å². The van der Waals surface area contributed by atoms with Crippen LogP contribution in [0.2, 0.25) is 5.02 Å². The quantitative estimate of drug-likeness (QED) is 0.906. The zero-order valence-corrected chi connectivity index (χ0v) is 14.4. The van der Waals surface area contributed by atoms with E-state index in [1.165, 1.54) is 5.56 Å². The van der Waals surface area contributed by atoms with E-state index in [0.29, 0.717) is 23.8 Å². The molecular formula is C19H21ClN2O2. The highest BCUT2D eigenvalue weighted by Crippen LogP contribution is 2.19. The minimum Gasteiger partial charge on any atom is -0.371 e. The Hall–Kier alpha value is -2.04. The van der Waals surface area contributed by atoms with E-state index in [4.69, 9.17) is 16.3 Å². The highest BCUT2D eigenvalue weighted by Gasteiger charge is 2.28. The highest BCUT2D eigenvalue weighted by atomic mass is 35.5. The summed E-state index contributed by atoms with van der Waals surface area (Å²) in [5.41, 5.74) is 1.91. The number of nitrogens with one attached hydrogen (secondary N) is 1. The lowest BCUT2D eigenvalue weighted by Crippen LogP contribution is -2.51. The van der Waals surface area contributed by atoms with Gasteiger partial charge in [0.1, 0.15) is 0 Å². The van der Waals surface area contributed by atoms with E-state index in [2.05, 4.69) is 17.4 Å². The van der Waals surface area contributed by atoms with Crippen LogP contribution in [-0.2, 0) is 11.2 Å². The summed E-state index contributed by atoms with van der Waals surface area (Å²) in [4.78, 5) is 14.3. The monoisotopic (exact) mass is 344 g/mol. The molecule has 1 aliphatic heterocycles. The van der Waals surface area contributed by atoms with Crippen molar-refractivity contribution in [3.8, 4) is 0 Å². The Kier molecular flexibility index (Phi) is 5.38. The van der Waals surface area contributed by atoms with Gasteiger partial charge in [0.25, 0.3) is 0 Å². The molecule has 4 nitrogen and oxygen atoms in total. The number of anilines is 1. The molecule has 2 atom stereocenters. The lowest BCUT2D eigenvalue weighted by molar-refractivity contribution is -0.0614. The second kappa shape index (κ2) is 7.69. The molecule has 24 heavy (non-hydrogen) atoms. The number of halogens is 1. The predicted molar refractivity (Wildman–Crippen MR) is 96.5 cm³/mol. The van der Waals surface area contributed by atoms with Crippen LogP contribution in [0.4, 0.5) is 10.5 Å². The Morgan fingerprint density at radius 3 is 2.75 bits per heavy atom. The lowest BCUT2D eigenvalue weighted by atomic mass is 10.1. The van der Waals surface area contributed by atoms with Crippen molar-refractivity contribution in [1.29, 1.82) is 0 Å². The first-order chi connectivity index (χ1) is 11.6. The minimum atomic E-state index is -0.120. The molecular weight excluding hydrogens is 324 g/mol. The number of urea groups is 1. The van der Waals surface area contributed by atoms with Crippen molar-refractivity contribution in [2.45, 2.75) is 25.6 Å². The van der Waals surface area contributed by atoms with Crippen LogP contribution in [0.5, 0.6) is 0 Å². The summed E-state index contributed by atoms with van der Waals surface area (Å²) in [7, 11) is 0. The Morgan fingerprint density at radius 1 is 1.21 bits per heavy atom. The first-order valence-corrected chi connectivity index (χ1v) is 8.49. The number of carbonyl (C=O) groups is 1. The van der Waals surface area contributed by atoms with Gasteiger partial charge in [0.05, 0.1) is 12.2 Å². The maximum absolute atomic E-state index is 12.5. The normalized spacial score (nSPS) is 20.7. The van der Waals surface area contributed by atoms with Crippen LogP contribution in [0.3, 0.4) is 0 Å². The summed E-state index contributed by atoms with van der Waals surface area (Å²) in [6.45, 7) is 3.15. The number of hydrogen-bond acceptors (Lipinski definition) is 2. The van der Waals surface area contributed by atoms with Crippen LogP contribution in [-0.4, -0.2) is 36.2 Å². The van der Waals surface area contributed by atoms with Crippen molar-refractivity contribution in [3.63, 3.8) is 0 Å². The molecule has 5 heteroatoms. The van der Waals surface area contributed by atoms with Crippen LogP contribution in [0.25, 0.3) is 0 Å². The highest BCUT2D eigenvalue weighted by molar-refractivity contribution is 6.30. The van der Waals surface area contributed by atoms with Gasteiger partial charge in [-0.25, -0.2) is 4.79 Å². The third-order valence-corrected chi connectivity index (χ3v) is 4.23. The largest absolute Gasteiger partial charge is 0.371 e. The Bertz CT molecular complexity index is 693. The second-order valence-corrected chi connectivity index (χ2v) is 6.54. The first-order valence-electron chi connectivity index (χ1n) is 8.11. The van der Waals surface area contributed by atoms with Crippen LogP contribution in [0.15, 0.2) is 54.6 Å². The molecule has 0 saturated carbocycles. The number of nitrogens with zero attached hydrogens (tertiary/aromatic N) is 1. The van der Waals surface area contributed by atoms with Gasteiger partial charge >= 0.3 is 6.03 Å². The van der Waals surface area contributed by atoms with Gasteiger partial charge in [0.2, 0.25) is 0 Å². The summed E-state index contributed by atoms with van der Waals surface area (Å²) in [6, 6.07) is 17.3. The smallest absolute Gasteiger partial charge is 0.322 e. The summed E-state index contributed by atoms with van der Waals surface area (Å²) in [5, 5.41) is 3.51. The topological polar surface area (TPSA) is 41.6 Å². The molecule has 1 fully saturated rings. The molecule has 126 valence electrons. The zero-order valence-electron chi connectivity index (χ0n) is 13.6. The van der Waals surface area contributed by atoms with Gasteiger partial charge in [-0.2, -0.15) is 0 Å². The van der Waals surface area contributed by atoms with Crippen molar-refractivity contribution in [1.82, 2.24) is 4.90 Å². The molecule has 0 aromatic heterocycles. The van der Waals surface area contributed by atoms with Crippen LogP contribution < -0.4 is 5.32 Å². The molecule has 1 N–H and O–H groups in total. The molecule has 0 spiro atoms. The summed E-state index contributed by atoms with van der Waals surface area (Å²) in [5.74, 6) is 0. The molecule has 1 aliphatic rings. The molecule has 3 rings (SSSR count). The fourth-order valence-corrected chi connectivity index (χ4v) is 3.16. The van der Waals surface area contributed by atoms with Crippen LogP contribution in [0.1, 0.15) is 12.5 Å². The van der Waals surface area contributed by atoms with E-state index in [0.717, 1.165) is 6.42 Å². The third kappa shape index (κ3) is 4.49. The minimum absolute atomic E-state index is 0.00117. The number of hydrogen-bond donors (Lipinski definition) is 1. The fraction of sp³-hybridized carbons (Fsp3) is 0.316. The van der Waals surface area contributed by atoms with E-state index in [1.54, 1.807) is 12.1 Å². The van der Waals surface area contributed by atoms with Gasteiger partial charge < -0.3 is 15.0 Å². The number of rotatable bonds is 3. The first kappa shape index (κ1) is 16.8. The van der Waals surface area contributed by atoms with Crippen molar-refractivity contribution in [2.75, 3.05) is 18.4 Å². The van der Waals surface area contributed by atoms with Gasteiger partial charge in [-0.05, 0) is 30.7 Å². The van der Waals surface area contributed by atoms with Gasteiger partial charge in [0.15, 0.2) is 0 Å². The fourth-order valence-electron chi connectivity index (χ4n) is 2.97. The van der Waals surface area contributed by atoms with Crippen molar-refractivity contribution in [3.05, 3.63) is 65.2 Å². The van der Waals surface area contributed by atoms with Crippen LogP contribution >= 0.6 is 11.6 Å². The van der Waals surface area contributed by atoms with Crippen LogP contribution in [0, 0.1) is 0 Å². The Labute approximate surface area is 147 Å². The SMILES string of the molecule is CC1CN(C(=O)Nc2cccc(Cl)c2)CC(Cc2ccccc2)O1. The number of ether oxygens (including phenoxy) is 1. The van der Waals surface area contributed by atoms with Crippen molar-refractivity contribution < 1.29 is 9.53 Å². The molecule has 1 saturated heterocycles. The molecule has 2 amide bonds. The summed E-state index contributed by atoms with van der Waals surface area (Å²) in [6.07, 6.45) is 0.811. The van der Waals surface area contributed by atoms with E-state index in [9.17, 15) is 4.79 Å². The number of amides is 2. The maximum Gasteiger partial charge on any atom is 0.322 e. The standard InChI is InChI=1S/C19H21ClN2O2/c1-14-12-22(19(23)21-17-9-5-8-16(20)11-17)13-18(24-14)10-15-6-3-2-4-7-15/h2-9,11,14,18H,10,12-13H2,1H3,(H,21,23). The van der Waals surface area contributed by atoms with Gasteiger partial charge in [-0.1, -0.05) is 48.0 Å². The molecule has 1 heterocycles.